The standard InChI is InChI=1S/C45H42O6S2/c1-3-41(52)43(46)50-23-21-48-35-19-15-29-25-33(17-13-31(29)27-35)45(39-11-7-5-9-37(39)38-10-6-8-12-40(38)45)34-18-14-32-28-36(20-16-30(32)26-34)49-22-24-51-44(47)42(53)4-2/h5-20,25-28,41-42,52-53H,3-4,21-24H2,1-2H3. The summed E-state index contributed by atoms with van der Waals surface area (Å²) in [5.41, 5.74) is 6.69. The Balaban J connectivity index is 1.21. The van der Waals surface area contributed by atoms with Gasteiger partial charge < -0.3 is 18.9 Å². The average Bonchev–Trinajstić information content (AvgIpc) is 3.50. The van der Waals surface area contributed by atoms with Crippen LogP contribution in [0.15, 0.2) is 121 Å². The number of esters is 2. The summed E-state index contributed by atoms with van der Waals surface area (Å²) < 4.78 is 22.5. The summed E-state index contributed by atoms with van der Waals surface area (Å²) in [6.07, 6.45) is 1.23. The van der Waals surface area contributed by atoms with Crippen molar-refractivity contribution in [3.05, 3.63) is 144 Å². The van der Waals surface area contributed by atoms with Crippen molar-refractivity contribution in [3.63, 3.8) is 0 Å². The molecule has 0 aliphatic heterocycles. The van der Waals surface area contributed by atoms with Crippen LogP contribution in [-0.4, -0.2) is 48.9 Å². The molecular formula is C45H42O6S2. The third kappa shape index (κ3) is 7.22. The molecule has 0 radical (unpaired) electrons. The van der Waals surface area contributed by atoms with Crippen molar-refractivity contribution in [2.45, 2.75) is 42.6 Å². The maximum atomic E-state index is 12.0. The molecule has 270 valence electrons. The van der Waals surface area contributed by atoms with E-state index in [1.807, 2.05) is 38.1 Å². The van der Waals surface area contributed by atoms with E-state index in [1.54, 1.807) is 0 Å². The van der Waals surface area contributed by atoms with Crippen LogP contribution in [0.5, 0.6) is 11.5 Å². The SMILES string of the molecule is CCC(S)C(=O)OCCOc1ccc2cc(C3(c4ccc5cc(OCCOC(=O)C(S)CC)ccc5c4)c4ccccc4-c4ccccc43)ccc2c1. The predicted octanol–water partition coefficient (Wildman–Crippen LogP) is 9.62. The Labute approximate surface area is 321 Å². The molecule has 1 aliphatic carbocycles. The minimum Gasteiger partial charge on any atom is -0.490 e. The van der Waals surface area contributed by atoms with Crippen LogP contribution in [0.2, 0.25) is 0 Å². The first-order valence-electron chi connectivity index (χ1n) is 18.1. The second kappa shape index (κ2) is 16.0. The van der Waals surface area contributed by atoms with Crippen molar-refractivity contribution in [1.29, 1.82) is 0 Å². The van der Waals surface area contributed by atoms with Gasteiger partial charge in [0.05, 0.1) is 15.9 Å². The van der Waals surface area contributed by atoms with Gasteiger partial charge in [0.2, 0.25) is 0 Å². The van der Waals surface area contributed by atoms with Crippen LogP contribution in [0, 0.1) is 0 Å². The summed E-state index contributed by atoms with van der Waals surface area (Å²) in [7, 11) is 0. The van der Waals surface area contributed by atoms with Crippen molar-refractivity contribution < 1.29 is 28.5 Å². The molecule has 2 unspecified atom stereocenters. The van der Waals surface area contributed by atoms with Crippen LogP contribution < -0.4 is 9.47 Å². The monoisotopic (exact) mass is 742 g/mol. The molecule has 0 heterocycles. The Kier molecular flexibility index (Phi) is 11.0. The number of ether oxygens (including phenoxy) is 4. The van der Waals surface area contributed by atoms with Gasteiger partial charge in [-0.3, -0.25) is 9.59 Å². The van der Waals surface area contributed by atoms with Crippen LogP contribution in [0.3, 0.4) is 0 Å². The largest absolute Gasteiger partial charge is 0.490 e. The summed E-state index contributed by atoms with van der Waals surface area (Å²) in [6, 6.07) is 43.0. The van der Waals surface area contributed by atoms with Crippen LogP contribution in [-0.2, 0) is 24.5 Å². The zero-order chi connectivity index (χ0) is 37.0. The fourth-order valence-electron chi connectivity index (χ4n) is 7.25. The highest BCUT2D eigenvalue weighted by molar-refractivity contribution is 7.82. The van der Waals surface area contributed by atoms with Gasteiger partial charge >= 0.3 is 11.9 Å². The van der Waals surface area contributed by atoms with Crippen LogP contribution >= 0.6 is 25.3 Å². The minimum absolute atomic E-state index is 0.168. The molecule has 1 aliphatic rings. The van der Waals surface area contributed by atoms with Crippen molar-refractivity contribution in [1.82, 2.24) is 0 Å². The molecule has 6 aromatic carbocycles. The maximum Gasteiger partial charge on any atom is 0.318 e. The third-order valence-electron chi connectivity index (χ3n) is 9.95. The smallest absolute Gasteiger partial charge is 0.318 e. The highest BCUT2D eigenvalue weighted by Gasteiger charge is 2.46. The van der Waals surface area contributed by atoms with E-state index in [9.17, 15) is 9.59 Å². The van der Waals surface area contributed by atoms with Gasteiger partial charge in [-0.2, -0.15) is 25.3 Å². The summed E-state index contributed by atoms with van der Waals surface area (Å²) in [4.78, 5) is 23.9. The molecule has 0 N–H and O–H groups in total. The van der Waals surface area contributed by atoms with Crippen molar-refractivity contribution in [2.75, 3.05) is 26.4 Å². The maximum absolute atomic E-state index is 12.0. The van der Waals surface area contributed by atoms with Gasteiger partial charge in [-0.1, -0.05) is 98.8 Å². The Morgan fingerprint density at radius 1 is 0.528 bits per heavy atom. The molecule has 7 rings (SSSR count). The molecule has 0 amide bonds. The molecule has 0 spiro atoms. The Morgan fingerprint density at radius 2 is 0.925 bits per heavy atom. The normalized spacial score (nSPS) is 13.9. The molecule has 6 nitrogen and oxygen atoms in total. The van der Waals surface area contributed by atoms with Crippen LogP contribution in [0.4, 0.5) is 0 Å². The number of thiol groups is 2. The average molecular weight is 743 g/mol. The molecule has 6 aromatic rings. The van der Waals surface area contributed by atoms with Gasteiger partial charge in [-0.25, -0.2) is 0 Å². The van der Waals surface area contributed by atoms with Crippen LogP contribution in [0.25, 0.3) is 32.7 Å². The topological polar surface area (TPSA) is 71.1 Å². The van der Waals surface area contributed by atoms with E-state index in [0.29, 0.717) is 24.3 Å². The van der Waals surface area contributed by atoms with Crippen LogP contribution in [0.1, 0.15) is 48.9 Å². The Hall–Kier alpha value is -4.92. The van der Waals surface area contributed by atoms with Gasteiger partial charge in [0.25, 0.3) is 0 Å². The molecule has 0 saturated carbocycles. The van der Waals surface area contributed by atoms with E-state index >= 15 is 0 Å². The lowest BCUT2D eigenvalue weighted by Gasteiger charge is -2.34. The van der Waals surface area contributed by atoms with Crippen molar-refractivity contribution in [3.8, 4) is 22.6 Å². The molecule has 53 heavy (non-hydrogen) atoms. The van der Waals surface area contributed by atoms with Crippen molar-refractivity contribution in [2.24, 2.45) is 0 Å². The summed E-state index contributed by atoms with van der Waals surface area (Å²) in [5.74, 6) is 0.774. The van der Waals surface area contributed by atoms with E-state index in [-0.39, 0.29) is 38.4 Å². The first kappa shape index (κ1) is 36.4. The zero-order valence-electron chi connectivity index (χ0n) is 29.8. The number of carbonyl (C=O) groups excluding carboxylic acids is 2. The number of hydrogen-bond acceptors (Lipinski definition) is 8. The number of carbonyl (C=O) groups is 2. The molecule has 0 aromatic heterocycles. The minimum atomic E-state index is -0.569. The van der Waals surface area contributed by atoms with E-state index in [4.69, 9.17) is 18.9 Å². The number of hydrogen-bond donors (Lipinski definition) is 2. The molecule has 0 bridgehead atoms. The molecule has 0 fully saturated rings. The zero-order valence-corrected chi connectivity index (χ0v) is 31.6. The quantitative estimate of drug-likeness (QED) is 0.0658. The predicted molar refractivity (Wildman–Crippen MR) is 218 cm³/mol. The van der Waals surface area contributed by atoms with E-state index in [2.05, 4.69) is 122 Å². The van der Waals surface area contributed by atoms with Gasteiger partial charge in [-0.15, -0.1) is 0 Å². The lowest BCUT2D eigenvalue weighted by atomic mass is 9.67. The fourth-order valence-corrected chi connectivity index (χ4v) is 7.40. The number of rotatable bonds is 14. The van der Waals surface area contributed by atoms with Gasteiger partial charge in [-0.05, 0) is 104 Å². The highest BCUT2D eigenvalue weighted by Crippen LogP contribution is 2.56. The van der Waals surface area contributed by atoms with E-state index in [1.165, 1.54) is 33.4 Å². The van der Waals surface area contributed by atoms with Gasteiger partial charge in [0.1, 0.15) is 37.9 Å². The van der Waals surface area contributed by atoms with Gasteiger partial charge in [0.15, 0.2) is 0 Å². The summed E-state index contributed by atoms with van der Waals surface area (Å²) in [6.45, 7) is 4.65. The molecule has 0 saturated heterocycles. The molecule has 2 atom stereocenters. The molecule has 8 heteroatoms. The lowest BCUT2D eigenvalue weighted by Crippen LogP contribution is -2.28. The van der Waals surface area contributed by atoms with E-state index in [0.717, 1.165) is 21.5 Å². The second-order valence-corrected chi connectivity index (χ2v) is 14.4. The summed E-state index contributed by atoms with van der Waals surface area (Å²) in [5, 5.41) is 3.45. The Morgan fingerprint density at radius 3 is 1.36 bits per heavy atom. The number of benzene rings is 6. The third-order valence-corrected chi connectivity index (χ3v) is 11.1. The first-order chi connectivity index (χ1) is 25.8. The summed E-state index contributed by atoms with van der Waals surface area (Å²) >= 11 is 8.50. The lowest BCUT2D eigenvalue weighted by molar-refractivity contribution is -0.144. The van der Waals surface area contributed by atoms with Gasteiger partial charge in [0, 0.05) is 0 Å². The Bertz CT molecular complexity index is 2120. The highest BCUT2D eigenvalue weighted by atomic mass is 32.1. The number of fused-ring (bicyclic) bond motifs is 5. The second-order valence-electron chi connectivity index (χ2n) is 13.2. The van der Waals surface area contributed by atoms with Crippen molar-refractivity contribution >= 4 is 58.7 Å². The van der Waals surface area contributed by atoms with E-state index < -0.39 is 15.9 Å². The first-order valence-corrected chi connectivity index (χ1v) is 19.1. The molecular weight excluding hydrogens is 701 g/mol. The fraction of sp³-hybridized carbons (Fsp3) is 0.244.